The van der Waals surface area contributed by atoms with Crippen molar-refractivity contribution in [3.8, 4) is 5.06 Å². The van der Waals surface area contributed by atoms with Gasteiger partial charge in [0.1, 0.15) is 10.7 Å². The highest BCUT2D eigenvalue weighted by molar-refractivity contribution is 7.20. The summed E-state index contributed by atoms with van der Waals surface area (Å²) in [4.78, 5) is 30.6. The van der Waals surface area contributed by atoms with Crippen LogP contribution in [0.5, 0.6) is 5.06 Å². The van der Waals surface area contributed by atoms with Gasteiger partial charge in [-0.25, -0.2) is 9.78 Å². The van der Waals surface area contributed by atoms with Crippen molar-refractivity contribution in [2.24, 2.45) is 0 Å². The van der Waals surface area contributed by atoms with Gasteiger partial charge >= 0.3 is 6.16 Å². The van der Waals surface area contributed by atoms with E-state index in [0.29, 0.717) is 28.0 Å². The Morgan fingerprint density at radius 2 is 2.38 bits per heavy atom. The minimum absolute atomic E-state index is 0.202. The van der Waals surface area contributed by atoms with Crippen molar-refractivity contribution >= 4 is 27.7 Å². The van der Waals surface area contributed by atoms with Gasteiger partial charge in [-0.05, 0) is 26.2 Å². The quantitative estimate of drug-likeness (QED) is 0.671. The molecule has 3 rings (SSSR count). The number of carboxylic acid groups (broad SMARTS) is 1. The van der Waals surface area contributed by atoms with Gasteiger partial charge in [0, 0.05) is 12.0 Å². The number of aryl methyl sites for hydroxylation is 1. The molecular formula is C14H14N2O4S. The van der Waals surface area contributed by atoms with Gasteiger partial charge in [0.25, 0.3) is 5.56 Å². The molecule has 1 aliphatic rings. The topological polar surface area (TPSA) is 92.3 Å². The largest absolute Gasteiger partial charge is 0.512 e. The van der Waals surface area contributed by atoms with E-state index in [9.17, 15) is 9.59 Å². The van der Waals surface area contributed by atoms with E-state index in [2.05, 4.69) is 20.8 Å². The van der Waals surface area contributed by atoms with Crippen molar-refractivity contribution in [3.05, 3.63) is 33.4 Å². The molecule has 1 aliphatic carbocycles. The van der Waals surface area contributed by atoms with Crippen LogP contribution < -0.4 is 10.3 Å². The maximum Gasteiger partial charge on any atom is 0.512 e. The van der Waals surface area contributed by atoms with Crippen LogP contribution in [0.4, 0.5) is 4.79 Å². The van der Waals surface area contributed by atoms with Crippen LogP contribution in [0.25, 0.3) is 10.2 Å². The van der Waals surface area contributed by atoms with Gasteiger partial charge in [-0.2, -0.15) is 0 Å². The van der Waals surface area contributed by atoms with Crippen molar-refractivity contribution in [2.75, 3.05) is 0 Å². The Balaban J connectivity index is 2.02. The lowest BCUT2D eigenvalue weighted by Crippen LogP contribution is -2.12. The van der Waals surface area contributed by atoms with Gasteiger partial charge in [-0.3, -0.25) is 4.79 Å². The van der Waals surface area contributed by atoms with Crippen LogP contribution in [-0.4, -0.2) is 21.2 Å². The average Bonchev–Trinajstić information content (AvgIpc) is 2.98. The molecule has 0 amide bonds. The Kier molecular flexibility index (Phi) is 3.50. The summed E-state index contributed by atoms with van der Waals surface area (Å²) in [5, 5.41) is 9.31. The predicted molar refractivity (Wildman–Crippen MR) is 79.3 cm³/mol. The summed E-state index contributed by atoms with van der Waals surface area (Å²) < 4.78 is 4.69. The minimum Gasteiger partial charge on any atom is -0.449 e. The summed E-state index contributed by atoms with van der Waals surface area (Å²) in [6.45, 7) is 1.66. The Morgan fingerprint density at radius 3 is 3.05 bits per heavy atom. The Labute approximate surface area is 124 Å². The minimum atomic E-state index is -1.39. The third kappa shape index (κ3) is 2.69. The van der Waals surface area contributed by atoms with Gasteiger partial charge in [-0.15, -0.1) is 0 Å². The molecule has 0 radical (unpaired) electrons. The van der Waals surface area contributed by atoms with Crippen molar-refractivity contribution in [3.63, 3.8) is 0 Å². The molecule has 2 N–H and O–H groups in total. The zero-order valence-corrected chi connectivity index (χ0v) is 12.2. The first-order chi connectivity index (χ1) is 10.0. The van der Waals surface area contributed by atoms with E-state index in [-0.39, 0.29) is 10.6 Å². The lowest BCUT2D eigenvalue weighted by atomic mass is 10.1. The van der Waals surface area contributed by atoms with E-state index in [0.717, 1.165) is 30.6 Å². The summed E-state index contributed by atoms with van der Waals surface area (Å²) in [6, 6.07) is 0. The van der Waals surface area contributed by atoms with E-state index >= 15 is 0 Å². The number of thiophene rings is 1. The molecule has 2 aromatic heterocycles. The number of nitrogens with zero attached hydrogens (tertiary/aromatic N) is 1. The molecule has 7 heteroatoms. The van der Waals surface area contributed by atoms with E-state index in [4.69, 9.17) is 5.11 Å². The number of rotatable bonds is 3. The molecule has 21 heavy (non-hydrogen) atoms. The number of allylic oxidation sites excluding steroid dienone is 2. The summed E-state index contributed by atoms with van der Waals surface area (Å²) in [5.41, 5.74) is 1.55. The maximum atomic E-state index is 12.2. The second-order valence-electron chi connectivity index (χ2n) is 5.01. The zero-order valence-electron chi connectivity index (χ0n) is 11.4. The molecule has 0 fully saturated rings. The Morgan fingerprint density at radius 1 is 1.57 bits per heavy atom. The van der Waals surface area contributed by atoms with E-state index < -0.39 is 6.16 Å². The number of nitrogens with one attached hydrogen (secondary N) is 1. The number of hydrogen-bond acceptors (Lipinski definition) is 5. The summed E-state index contributed by atoms with van der Waals surface area (Å²) >= 11 is 1.08. The average molecular weight is 306 g/mol. The fourth-order valence-electron chi connectivity index (χ4n) is 2.54. The SMILES string of the molecule is Cc1c(OC(=O)O)sc2nc(CC3=CCCC3)[nH]c(=O)c12. The number of carbonyl (C=O) groups is 1. The molecule has 0 spiro atoms. The highest BCUT2D eigenvalue weighted by Crippen LogP contribution is 2.34. The molecule has 0 aromatic carbocycles. The normalized spacial score (nSPS) is 14.4. The summed E-state index contributed by atoms with van der Waals surface area (Å²) in [6.07, 6.45) is 4.70. The van der Waals surface area contributed by atoms with Crippen LogP contribution in [0.15, 0.2) is 16.4 Å². The van der Waals surface area contributed by atoms with Gasteiger partial charge in [0.05, 0.1) is 5.39 Å². The van der Waals surface area contributed by atoms with Crippen LogP contribution in [-0.2, 0) is 6.42 Å². The van der Waals surface area contributed by atoms with Crippen LogP contribution in [0.3, 0.4) is 0 Å². The third-order valence-corrected chi connectivity index (χ3v) is 4.58. The van der Waals surface area contributed by atoms with E-state index in [1.165, 1.54) is 5.57 Å². The highest BCUT2D eigenvalue weighted by Gasteiger charge is 2.18. The molecule has 0 unspecified atom stereocenters. The number of fused-ring (bicyclic) bond motifs is 1. The second kappa shape index (κ2) is 5.33. The predicted octanol–water partition coefficient (Wildman–Crippen LogP) is 3.00. The molecule has 2 aromatic rings. The van der Waals surface area contributed by atoms with Crippen LogP contribution in [0, 0.1) is 6.92 Å². The number of aromatic nitrogens is 2. The van der Waals surface area contributed by atoms with Crippen molar-refractivity contribution < 1.29 is 14.6 Å². The van der Waals surface area contributed by atoms with Crippen molar-refractivity contribution in [1.82, 2.24) is 9.97 Å². The molecule has 110 valence electrons. The first kappa shape index (κ1) is 13.8. The first-order valence-corrected chi connectivity index (χ1v) is 7.47. The molecule has 0 bridgehead atoms. The van der Waals surface area contributed by atoms with Crippen LogP contribution in [0.2, 0.25) is 0 Å². The Hall–Kier alpha value is -2.15. The molecule has 0 aliphatic heterocycles. The van der Waals surface area contributed by atoms with Gasteiger partial charge in [0.15, 0.2) is 5.06 Å². The fourth-order valence-corrected chi connectivity index (χ4v) is 3.59. The molecular weight excluding hydrogens is 292 g/mol. The molecule has 0 atom stereocenters. The second-order valence-corrected chi connectivity index (χ2v) is 5.97. The standard InChI is InChI=1S/C14H14N2O4S/c1-7-10-11(17)15-9(6-8-4-2-3-5-8)16-12(10)21-13(7)20-14(18)19/h4H,2-3,5-6H2,1H3,(H,18,19)(H,15,16,17). The van der Waals surface area contributed by atoms with Gasteiger partial charge in [-0.1, -0.05) is 23.0 Å². The van der Waals surface area contributed by atoms with E-state index in [1.807, 2.05) is 0 Å². The van der Waals surface area contributed by atoms with Gasteiger partial charge in [0.2, 0.25) is 0 Å². The summed E-state index contributed by atoms with van der Waals surface area (Å²) in [5.74, 6) is 0.615. The smallest absolute Gasteiger partial charge is 0.449 e. The number of hydrogen-bond donors (Lipinski definition) is 2. The molecule has 0 saturated heterocycles. The first-order valence-electron chi connectivity index (χ1n) is 6.65. The lowest BCUT2D eigenvalue weighted by molar-refractivity contribution is 0.145. The van der Waals surface area contributed by atoms with Crippen molar-refractivity contribution in [1.29, 1.82) is 0 Å². The molecule has 0 saturated carbocycles. The molecule has 6 nitrogen and oxygen atoms in total. The fraction of sp³-hybridized carbons (Fsp3) is 0.357. The van der Waals surface area contributed by atoms with Crippen LogP contribution in [0.1, 0.15) is 30.7 Å². The monoisotopic (exact) mass is 306 g/mol. The van der Waals surface area contributed by atoms with Crippen molar-refractivity contribution in [2.45, 2.75) is 32.6 Å². The summed E-state index contributed by atoms with van der Waals surface area (Å²) in [7, 11) is 0. The van der Waals surface area contributed by atoms with Crippen LogP contribution >= 0.6 is 11.3 Å². The Bertz CT molecular complexity index is 803. The zero-order chi connectivity index (χ0) is 15.0. The number of H-pyrrole nitrogens is 1. The number of aromatic amines is 1. The van der Waals surface area contributed by atoms with E-state index in [1.54, 1.807) is 6.92 Å². The third-order valence-electron chi connectivity index (χ3n) is 3.52. The lowest BCUT2D eigenvalue weighted by Gasteiger charge is -2.01. The van der Waals surface area contributed by atoms with Gasteiger partial charge < -0.3 is 14.8 Å². The molecule has 2 heterocycles. The highest BCUT2D eigenvalue weighted by atomic mass is 32.1. The maximum absolute atomic E-state index is 12.2. The number of ether oxygens (including phenoxy) is 1.